The van der Waals surface area contributed by atoms with Crippen LogP contribution in [0.1, 0.15) is 32.6 Å². The zero-order valence-electron chi connectivity index (χ0n) is 7.94. The fourth-order valence-electron chi connectivity index (χ4n) is 2.60. The highest BCUT2D eigenvalue weighted by molar-refractivity contribution is 4.95. The second kappa shape index (κ2) is 3.35. The van der Waals surface area contributed by atoms with Crippen LogP contribution in [-0.2, 0) is 4.74 Å². The fourth-order valence-corrected chi connectivity index (χ4v) is 2.60. The highest BCUT2D eigenvalue weighted by Gasteiger charge is 2.36. The molecule has 0 spiro atoms. The second-order valence-electron chi connectivity index (χ2n) is 4.33. The van der Waals surface area contributed by atoms with Crippen LogP contribution in [0, 0.1) is 5.92 Å². The van der Waals surface area contributed by atoms with Gasteiger partial charge in [-0.1, -0.05) is 0 Å². The van der Waals surface area contributed by atoms with Crippen molar-refractivity contribution in [3.63, 3.8) is 0 Å². The highest BCUT2D eigenvalue weighted by atomic mass is 16.5. The van der Waals surface area contributed by atoms with Crippen LogP contribution in [0.5, 0.6) is 0 Å². The Bertz CT molecular complexity index is 146. The van der Waals surface area contributed by atoms with Crippen LogP contribution in [0.25, 0.3) is 0 Å². The average molecular weight is 169 g/mol. The topological polar surface area (TPSA) is 21.3 Å². The van der Waals surface area contributed by atoms with Crippen molar-refractivity contribution in [3.8, 4) is 0 Å². The van der Waals surface area contributed by atoms with E-state index < -0.39 is 0 Å². The molecule has 0 aromatic carbocycles. The number of ether oxygens (including phenoxy) is 1. The molecule has 2 aliphatic heterocycles. The molecule has 2 nitrogen and oxygen atoms in total. The maximum absolute atomic E-state index is 5.38. The van der Waals surface area contributed by atoms with Crippen molar-refractivity contribution >= 4 is 0 Å². The Hall–Kier alpha value is -0.0800. The minimum Gasteiger partial charge on any atom is -0.381 e. The molecule has 0 aliphatic carbocycles. The number of hydrogen-bond donors (Lipinski definition) is 1. The van der Waals surface area contributed by atoms with Crippen molar-refractivity contribution in [2.24, 2.45) is 5.92 Å². The van der Waals surface area contributed by atoms with Crippen molar-refractivity contribution in [2.45, 2.75) is 38.1 Å². The molecule has 2 rings (SSSR count). The molecule has 1 unspecified atom stereocenters. The van der Waals surface area contributed by atoms with Crippen molar-refractivity contribution in [1.82, 2.24) is 5.32 Å². The molecule has 0 amide bonds. The van der Waals surface area contributed by atoms with Crippen LogP contribution in [0.4, 0.5) is 0 Å². The van der Waals surface area contributed by atoms with Gasteiger partial charge in [0.1, 0.15) is 0 Å². The van der Waals surface area contributed by atoms with Gasteiger partial charge < -0.3 is 10.1 Å². The molecular weight excluding hydrogens is 150 g/mol. The van der Waals surface area contributed by atoms with Crippen molar-refractivity contribution in [3.05, 3.63) is 0 Å². The first-order chi connectivity index (χ1) is 5.81. The number of nitrogens with one attached hydrogen (secondary N) is 1. The van der Waals surface area contributed by atoms with Crippen LogP contribution in [0.3, 0.4) is 0 Å². The van der Waals surface area contributed by atoms with E-state index >= 15 is 0 Å². The molecule has 2 fully saturated rings. The van der Waals surface area contributed by atoms with E-state index in [2.05, 4.69) is 12.2 Å². The van der Waals surface area contributed by atoms with Crippen LogP contribution in [0.2, 0.25) is 0 Å². The van der Waals surface area contributed by atoms with Gasteiger partial charge >= 0.3 is 0 Å². The maximum Gasteiger partial charge on any atom is 0.0469 e. The van der Waals surface area contributed by atoms with Gasteiger partial charge in [-0.15, -0.1) is 0 Å². The highest BCUT2D eigenvalue weighted by Crippen LogP contribution is 2.33. The van der Waals surface area contributed by atoms with Gasteiger partial charge in [0.15, 0.2) is 0 Å². The minimum absolute atomic E-state index is 0.434. The number of rotatable bonds is 1. The van der Waals surface area contributed by atoms with E-state index in [0.717, 1.165) is 19.1 Å². The summed E-state index contributed by atoms with van der Waals surface area (Å²) < 4.78 is 5.38. The molecule has 0 aromatic heterocycles. The predicted octanol–water partition coefficient (Wildman–Crippen LogP) is 1.56. The Labute approximate surface area is 74.7 Å². The Balaban J connectivity index is 1.96. The van der Waals surface area contributed by atoms with E-state index in [1.807, 2.05) is 0 Å². The van der Waals surface area contributed by atoms with Gasteiger partial charge in [0.05, 0.1) is 0 Å². The van der Waals surface area contributed by atoms with Gasteiger partial charge in [-0.3, -0.25) is 0 Å². The summed E-state index contributed by atoms with van der Waals surface area (Å²) in [5, 5.41) is 3.65. The summed E-state index contributed by atoms with van der Waals surface area (Å²) in [5.41, 5.74) is 0.434. The molecule has 2 heteroatoms. The van der Waals surface area contributed by atoms with Gasteiger partial charge in [0.2, 0.25) is 0 Å². The van der Waals surface area contributed by atoms with Gasteiger partial charge in [0, 0.05) is 18.8 Å². The molecular formula is C10H19NO. The van der Waals surface area contributed by atoms with E-state index in [0.29, 0.717) is 5.54 Å². The summed E-state index contributed by atoms with van der Waals surface area (Å²) in [6.07, 6.45) is 5.22. The molecule has 0 aromatic rings. The van der Waals surface area contributed by atoms with E-state index in [4.69, 9.17) is 4.74 Å². The van der Waals surface area contributed by atoms with E-state index in [1.54, 1.807) is 0 Å². The molecule has 1 N–H and O–H groups in total. The van der Waals surface area contributed by atoms with Crippen LogP contribution in [0.15, 0.2) is 0 Å². The smallest absolute Gasteiger partial charge is 0.0469 e. The van der Waals surface area contributed by atoms with Crippen LogP contribution < -0.4 is 5.32 Å². The van der Waals surface area contributed by atoms with Gasteiger partial charge in [-0.05, 0) is 45.1 Å². The predicted molar refractivity (Wildman–Crippen MR) is 49.2 cm³/mol. The van der Waals surface area contributed by atoms with Gasteiger partial charge in [0.25, 0.3) is 0 Å². The Morgan fingerprint density at radius 3 is 2.67 bits per heavy atom. The lowest BCUT2D eigenvalue weighted by molar-refractivity contribution is 0.0373. The lowest BCUT2D eigenvalue weighted by Gasteiger charge is -2.37. The summed E-state index contributed by atoms with van der Waals surface area (Å²) >= 11 is 0. The minimum atomic E-state index is 0.434. The summed E-state index contributed by atoms with van der Waals surface area (Å²) in [6, 6.07) is 0. The molecule has 1 atom stereocenters. The molecule has 0 radical (unpaired) electrons. The third-order valence-corrected chi connectivity index (χ3v) is 3.52. The van der Waals surface area contributed by atoms with Crippen LogP contribution >= 0.6 is 0 Å². The normalized spacial score (nSPS) is 38.8. The van der Waals surface area contributed by atoms with Crippen LogP contribution in [-0.4, -0.2) is 25.3 Å². The van der Waals surface area contributed by atoms with Crippen molar-refractivity contribution < 1.29 is 4.74 Å². The van der Waals surface area contributed by atoms with E-state index in [1.165, 1.54) is 32.2 Å². The fraction of sp³-hybridized carbons (Fsp3) is 1.00. The summed E-state index contributed by atoms with van der Waals surface area (Å²) in [7, 11) is 0. The Kier molecular flexibility index (Phi) is 2.37. The molecule has 2 heterocycles. The van der Waals surface area contributed by atoms with Crippen molar-refractivity contribution in [1.29, 1.82) is 0 Å². The monoisotopic (exact) mass is 169 g/mol. The average Bonchev–Trinajstić information content (AvgIpc) is 2.55. The summed E-state index contributed by atoms with van der Waals surface area (Å²) in [6.45, 7) is 5.55. The lowest BCUT2D eigenvalue weighted by atomic mass is 9.79. The zero-order chi connectivity index (χ0) is 8.44. The van der Waals surface area contributed by atoms with Crippen molar-refractivity contribution in [2.75, 3.05) is 19.8 Å². The van der Waals surface area contributed by atoms with E-state index in [-0.39, 0.29) is 0 Å². The first-order valence-electron chi connectivity index (χ1n) is 5.14. The number of hydrogen-bond acceptors (Lipinski definition) is 2. The Morgan fingerprint density at radius 1 is 1.33 bits per heavy atom. The molecule has 2 saturated heterocycles. The molecule has 70 valence electrons. The quantitative estimate of drug-likeness (QED) is 0.643. The van der Waals surface area contributed by atoms with Gasteiger partial charge in [-0.2, -0.15) is 0 Å². The zero-order valence-corrected chi connectivity index (χ0v) is 7.94. The standard InChI is InChI=1S/C10H19NO/c1-10(5-2-6-11-10)9-3-7-12-8-4-9/h9,11H,2-8H2,1H3. The Morgan fingerprint density at radius 2 is 2.08 bits per heavy atom. The third-order valence-electron chi connectivity index (χ3n) is 3.52. The first-order valence-corrected chi connectivity index (χ1v) is 5.14. The second-order valence-corrected chi connectivity index (χ2v) is 4.33. The van der Waals surface area contributed by atoms with Gasteiger partial charge in [-0.25, -0.2) is 0 Å². The summed E-state index contributed by atoms with van der Waals surface area (Å²) in [4.78, 5) is 0. The van der Waals surface area contributed by atoms with E-state index in [9.17, 15) is 0 Å². The first kappa shape index (κ1) is 8.52. The molecule has 12 heavy (non-hydrogen) atoms. The SMILES string of the molecule is CC1(C2CCOCC2)CCCN1. The molecule has 0 bridgehead atoms. The molecule has 0 saturated carbocycles. The summed E-state index contributed by atoms with van der Waals surface area (Å²) in [5.74, 6) is 0.855. The molecule has 2 aliphatic rings. The lowest BCUT2D eigenvalue weighted by Crippen LogP contribution is -2.46. The third kappa shape index (κ3) is 1.50. The maximum atomic E-state index is 5.38. The largest absolute Gasteiger partial charge is 0.381 e.